The van der Waals surface area contributed by atoms with Gasteiger partial charge in [-0.25, -0.2) is 8.37 Å². The molecule has 4 aliphatic rings. The van der Waals surface area contributed by atoms with Gasteiger partial charge in [-0.15, -0.1) is 0 Å². The van der Waals surface area contributed by atoms with Gasteiger partial charge in [-0.05, 0) is 104 Å². The molecule has 0 aromatic heterocycles. The Morgan fingerprint density at radius 3 is 2.00 bits per heavy atom. The molecule has 0 spiro atoms. The number of rotatable bonds is 8. The van der Waals surface area contributed by atoms with E-state index < -0.39 is 39.0 Å². The van der Waals surface area contributed by atoms with E-state index in [0.29, 0.717) is 38.0 Å². The Morgan fingerprint density at radius 2 is 1.45 bits per heavy atom. The van der Waals surface area contributed by atoms with Crippen LogP contribution in [0.1, 0.15) is 85.0 Å². The number of quaternary nitrogens is 1. The third kappa shape index (κ3) is 7.76. The number of fused-ring (bicyclic) bond motifs is 5. The standard InChI is InChI=1S/C24H40O10S2.C3H9N/c1-14(4-7-21(25)26)17-5-6-18-22-19(9-11-24(17,18)3)23(2)10-8-16(33-35(27,28)29)12-15(23)13-20(22)34-36(30,31)32;1-4(2)3/h14-20,22H,4-13H2,1-3H3,(H,25,26)(H,27,28,29)(H,30,31,32);1-3H3/p+1/t14-,15+,16-,17-,18+,19+,20+,22+,23+,24-;/m1./s1. The molecule has 0 heterocycles. The van der Waals surface area contributed by atoms with Gasteiger partial charge in [-0.2, -0.15) is 16.8 Å². The van der Waals surface area contributed by atoms with E-state index in [2.05, 4.69) is 41.9 Å². The first-order chi connectivity index (χ1) is 18.3. The summed E-state index contributed by atoms with van der Waals surface area (Å²) in [6, 6.07) is 0. The average Bonchev–Trinajstić information content (AvgIpc) is 3.13. The second kappa shape index (κ2) is 12.4. The van der Waals surface area contributed by atoms with Crippen LogP contribution in [-0.4, -0.2) is 70.4 Å². The second-order valence-electron chi connectivity index (χ2n) is 13.8. The van der Waals surface area contributed by atoms with E-state index in [1.165, 1.54) is 4.90 Å². The van der Waals surface area contributed by atoms with Gasteiger partial charge in [0.25, 0.3) is 0 Å². The first-order valence-corrected chi connectivity index (χ1v) is 17.3. The number of hydrogen-bond donors (Lipinski definition) is 4. The summed E-state index contributed by atoms with van der Waals surface area (Å²) in [5, 5.41) is 9.17. The van der Waals surface area contributed by atoms with Gasteiger partial charge < -0.3 is 10.0 Å². The molecule has 10 atom stereocenters. The van der Waals surface area contributed by atoms with E-state index >= 15 is 0 Å². The SMILES string of the molecule is C[C@H](CCC(=O)O)[C@H]1CC[C@H]2[C@@H]3[C@@H](OS(=O)(=O)O)C[C@@H]4C[C@H](OS(=O)(=O)O)CC[C@]4(C)[C@H]3CC[C@]12C.C[NH+](C)C. The summed E-state index contributed by atoms with van der Waals surface area (Å²) in [5.41, 5.74) is -0.244. The average molecular weight is 613 g/mol. The molecule has 234 valence electrons. The molecule has 0 aliphatic heterocycles. The molecule has 4 aliphatic carbocycles. The highest BCUT2D eigenvalue weighted by molar-refractivity contribution is 7.81. The smallest absolute Gasteiger partial charge is 0.397 e. The van der Waals surface area contributed by atoms with E-state index in [1.807, 2.05) is 0 Å². The lowest BCUT2D eigenvalue weighted by Gasteiger charge is -2.62. The van der Waals surface area contributed by atoms with Crippen molar-refractivity contribution in [2.45, 2.75) is 97.2 Å². The first kappa shape index (κ1) is 33.7. The molecule has 4 saturated carbocycles. The van der Waals surface area contributed by atoms with Crippen LogP contribution in [0.5, 0.6) is 0 Å². The topological polar surface area (TPSA) is 169 Å². The number of hydrogen-bond acceptors (Lipinski definition) is 7. The molecule has 0 bridgehead atoms. The van der Waals surface area contributed by atoms with Crippen LogP contribution >= 0.6 is 0 Å². The lowest BCUT2D eigenvalue weighted by atomic mass is 9.43. The van der Waals surface area contributed by atoms with Crippen LogP contribution in [0.2, 0.25) is 0 Å². The molecular formula is C27H50NO10S2+. The van der Waals surface area contributed by atoms with Crippen molar-refractivity contribution >= 4 is 26.8 Å². The maximum Gasteiger partial charge on any atom is 0.397 e. The molecule has 0 radical (unpaired) electrons. The summed E-state index contributed by atoms with van der Waals surface area (Å²) in [6.45, 7) is 6.58. The molecule has 0 unspecified atom stereocenters. The minimum absolute atomic E-state index is 0.0750. The quantitative estimate of drug-likeness (QED) is 0.299. The Labute approximate surface area is 240 Å². The summed E-state index contributed by atoms with van der Waals surface area (Å²) >= 11 is 0. The predicted octanol–water partition coefficient (Wildman–Crippen LogP) is 2.89. The van der Waals surface area contributed by atoms with Crippen molar-refractivity contribution in [3.05, 3.63) is 0 Å². The van der Waals surface area contributed by atoms with Crippen LogP contribution in [0.4, 0.5) is 0 Å². The lowest BCUT2D eigenvalue weighted by Crippen LogP contribution is -3.02. The largest absolute Gasteiger partial charge is 0.481 e. The summed E-state index contributed by atoms with van der Waals surface area (Å²) in [4.78, 5) is 12.6. The molecule has 0 amide bonds. The number of carboxylic acids is 1. The van der Waals surface area contributed by atoms with Gasteiger partial charge >= 0.3 is 26.8 Å². The minimum Gasteiger partial charge on any atom is -0.481 e. The van der Waals surface area contributed by atoms with Gasteiger partial charge in [0.2, 0.25) is 0 Å². The molecule has 0 aromatic carbocycles. The molecule has 0 aromatic rings. The zero-order chi connectivity index (χ0) is 30.3. The van der Waals surface area contributed by atoms with Crippen LogP contribution in [-0.2, 0) is 34.0 Å². The van der Waals surface area contributed by atoms with Crippen LogP contribution in [0.15, 0.2) is 0 Å². The van der Waals surface area contributed by atoms with Crippen molar-refractivity contribution in [3.8, 4) is 0 Å². The minimum atomic E-state index is -4.70. The van der Waals surface area contributed by atoms with E-state index in [0.717, 1.165) is 25.7 Å². The highest BCUT2D eigenvalue weighted by Crippen LogP contribution is 2.69. The predicted molar refractivity (Wildman–Crippen MR) is 148 cm³/mol. The van der Waals surface area contributed by atoms with Gasteiger partial charge in [0, 0.05) is 6.42 Å². The highest BCUT2D eigenvalue weighted by atomic mass is 32.3. The molecule has 4 fully saturated rings. The zero-order valence-electron chi connectivity index (χ0n) is 24.7. The second-order valence-corrected chi connectivity index (χ2v) is 15.9. The molecule has 0 saturated heterocycles. The van der Waals surface area contributed by atoms with Crippen LogP contribution in [0.25, 0.3) is 0 Å². The van der Waals surface area contributed by atoms with Gasteiger partial charge in [-0.1, -0.05) is 20.8 Å². The molecule has 11 nitrogen and oxygen atoms in total. The Kier molecular flexibility index (Phi) is 10.5. The molecular weight excluding hydrogens is 562 g/mol. The summed E-state index contributed by atoms with van der Waals surface area (Å²) in [5.74, 6) is -0.0748. The van der Waals surface area contributed by atoms with Gasteiger partial charge in [0.1, 0.15) is 0 Å². The maximum atomic E-state index is 11.9. The Balaban J connectivity index is 0.00000103. The fourth-order valence-corrected chi connectivity index (χ4v) is 10.2. The Bertz CT molecular complexity index is 1110. The third-order valence-electron chi connectivity index (χ3n) is 10.7. The Morgan fingerprint density at radius 1 is 0.900 bits per heavy atom. The van der Waals surface area contributed by atoms with Gasteiger partial charge in [0.15, 0.2) is 0 Å². The van der Waals surface area contributed by atoms with Gasteiger partial charge in [0.05, 0.1) is 33.4 Å². The van der Waals surface area contributed by atoms with Crippen LogP contribution in [0.3, 0.4) is 0 Å². The summed E-state index contributed by atoms with van der Waals surface area (Å²) in [7, 11) is -3.05. The van der Waals surface area contributed by atoms with E-state index in [-0.39, 0.29) is 46.8 Å². The first-order valence-electron chi connectivity index (χ1n) is 14.6. The van der Waals surface area contributed by atoms with Crippen LogP contribution < -0.4 is 4.90 Å². The fourth-order valence-electron chi connectivity index (χ4n) is 9.20. The van der Waals surface area contributed by atoms with E-state index in [1.54, 1.807) is 0 Å². The van der Waals surface area contributed by atoms with E-state index in [4.69, 9.17) is 13.5 Å². The third-order valence-corrected chi connectivity index (χ3v) is 11.7. The van der Waals surface area contributed by atoms with Gasteiger partial charge in [-0.3, -0.25) is 13.9 Å². The number of carboxylic acid groups (broad SMARTS) is 1. The van der Waals surface area contributed by atoms with Crippen molar-refractivity contribution in [2.24, 2.45) is 46.3 Å². The van der Waals surface area contributed by atoms with E-state index in [9.17, 15) is 30.7 Å². The lowest BCUT2D eigenvalue weighted by molar-refractivity contribution is -0.836. The number of nitrogens with one attached hydrogen (secondary N) is 1. The molecule has 4 rings (SSSR count). The number of aliphatic carboxylic acids is 1. The normalized spacial score (nSPS) is 40.3. The molecule has 4 N–H and O–H groups in total. The van der Waals surface area contributed by atoms with Crippen molar-refractivity contribution < 1.29 is 49.1 Å². The van der Waals surface area contributed by atoms with Crippen molar-refractivity contribution in [1.29, 1.82) is 0 Å². The molecule has 40 heavy (non-hydrogen) atoms. The Hall–Kier alpha value is -0.830. The summed E-state index contributed by atoms with van der Waals surface area (Å²) < 4.78 is 75.5. The van der Waals surface area contributed by atoms with Crippen LogP contribution in [0, 0.1) is 46.3 Å². The van der Waals surface area contributed by atoms with Crippen molar-refractivity contribution in [1.82, 2.24) is 0 Å². The fraction of sp³-hybridized carbons (Fsp3) is 0.963. The van der Waals surface area contributed by atoms with Crippen molar-refractivity contribution in [2.75, 3.05) is 21.1 Å². The highest BCUT2D eigenvalue weighted by Gasteiger charge is 2.64. The molecule has 13 heteroatoms. The number of carbonyl (C=O) groups is 1. The zero-order valence-corrected chi connectivity index (χ0v) is 26.3. The maximum absolute atomic E-state index is 11.9. The van der Waals surface area contributed by atoms with Crippen molar-refractivity contribution in [3.63, 3.8) is 0 Å². The monoisotopic (exact) mass is 612 g/mol. The summed E-state index contributed by atoms with van der Waals surface area (Å²) in [6.07, 6.45) is 4.89.